The van der Waals surface area contributed by atoms with Crippen molar-refractivity contribution < 1.29 is 18.1 Å². The van der Waals surface area contributed by atoms with Gasteiger partial charge in [0.15, 0.2) is 0 Å². The monoisotopic (exact) mass is 249 g/mol. The van der Waals surface area contributed by atoms with Gasteiger partial charge in [-0.2, -0.15) is 13.2 Å². The highest BCUT2D eigenvalue weighted by Crippen LogP contribution is 2.31. The van der Waals surface area contributed by atoms with Crippen molar-refractivity contribution in [1.29, 1.82) is 0 Å². The fraction of sp³-hybridized carbons (Fsp3) is 0.111. The molecule has 0 aliphatic heterocycles. The van der Waals surface area contributed by atoms with Gasteiger partial charge in [-0.05, 0) is 40.9 Å². The Hall–Kier alpha value is -1.50. The molecule has 0 saturated carbocycles. The molecule has 7 heteroatoms. The quantitative estimate of drug-likeness (QED) is 0.604. The van der Waals surface area contributed by atoms with Crippen molar-refractivity contribution >= 4 is 23.5 Å². The van der Waals surface area contributed by atoms with Gasteiger partial charge >= 0.3 is 5.51 Å². The number of nitro benzene ring substituents is 1. The number of hydrogen-bond donors (Lipinski definition) is 0. The van der Waals surface area contributed by atoms with Gasteiger partial charge in [0.2, 0.25) is 0 Å². The molecule has 0 aliphatic rings. The number of halogens is 3. The zero-order valence-corrected chi connectivity index (χ0v) is 8.59. The van der Waals surface area contributed by atoms with Crippen LogP contribution in [0.3, 0.4) is 0 Å². The highest BCUT2D eigenvalue weighted by atomic mass is 32.2. The molecule has 16 heavy (non-hydrogen) atoms. The van der Waals surface area contributed by atoms with Crippen LogP contribution < -0.4 is 0 Å². The molecule has 86 valence electrons. The van der Waals surface area contributed by atoms with Gasteiger partial charge in [0, 0.05) is 12.1 Å². The van der Waals surface area contributed by atoms with Crippen LogP contribution in [0.4, 0.5) is 18.9 Å². The van der Waals surface area contributed by atoms with Crippen LogP contribution in [0.25, 0.3) is 6.08 Å². The van der Waals surface area contributed by atoms with Crippen LogP contribution in [0.5, 0.6) is 0 Å². The van der Waals surface area contributed by atoms with E-state index >= 15 is 0 Å². The average molecular weight is 249 g/mol. The summed E-state index contributed by atoms with van der Waals surface area (Å²) in [4.78, 5) is 9.72. The predicted molar refractivity (Wildman–Crippen MR) is 55.8 cm³/mol. The van der Waals surface area contributed by atoms with Gasteiger partial charge in [-0.25, -0.2) is 0 Å². The maximum Gasteiger partial charge on any atom is 0.445 e. The second-order valence-corrected chi connectivity index (χ2v) is 3.69. The molecule has 0 aromatic heterocycles. The molecule has 1 aromatic carbocycles. The van der Waals surface area contributed by atoms with Crippen LogP contribution in [0.15, 0.2) is 29.7 Å². The molecule has 1 aromatic rings. The third-order valence-corrected chi connectivity index (χ3v) is 2.11. The van der Waals surface area contributed by atoms with E-state index in [0.717, 1.165) is 5.41 Å². The Bertz CT molecular complexity index is 400. The first-order valence-electron chi connectivity index (χ1n) is 4.04. The van der Waals surface area contributed by atoms with Crippen LogP contribution >= 0.6 is 11.8 Å². The fourth-order valence-corrected chi connectivity index (χ4v) is 1.28. The van der Waals surface area contributed by atoms with E-state index in [1.807, 2.05) is 0 Å². The lowest BCUT2D eigenvalue weighted by Gasteiger charge is -1.99. The number of benzene rings is 1. The zero-order chi connectivity index (χ0) is 12.2. The SMILES string of the molecule is O=[N+]([O-])c1ccc(/C=C/SC(F)(F)F)cc1. The summed E-state index contributed by atoms with van der Waals surface area (Å²) in [6, 6.07) is 5.23. The summed E-state index contributed by atoms with van der Waals surface area (Å²) in [7, 11) is 0. The van der Waals surface area contributed by atoms with Crippen LogP contribution in [0, 0.1) is 10.1 Å². The lowest BCUT2D eigenvalue weighted by atomic mass is 10.2. The van der Waals surface area contributed by atoms with E-state index in [1.165, 1.54) is 30.3 Å². The Morgan fingerprint density at radius 2 is 1.81 bits per heavy atom. The predicted octanol–water partition coefficient (Wildman–Crippen LogP) is 3.82. The fourth-order valence-electron chi connectivity index (χ4n) is 0.897. The van der Waals surface area contributed by atoms with E-state index in [2.05, 4.69) is 0 Å². The third kappa shape index (κ3) is 4.35. The first kappa shape index (κ1) is 12.6. The van der Waals surface area contributed by atoms with Gasteiger partial charge in [0.05, 0.1) is 4.92 Å². The second-order valence-electron chi connectivity index (χ2n) is 2.71. The Morgan fingerprint density at radius 1 is 1.25 bits per heavy atom. The van der Waals surface area contributed by atoms with E-state index in [0.29, 0.717) is 5.56 Å². The molecule has 0 heterocycles. The number of rotatable bonds is 3. The van der Waals surface area contributed by atoms with Crippen molar-refractivity contribution in [2.45, 2.75) is 5.51 Å². The third-order valence-electron chi connectivity index (χ3n) is 1.57. The second kappa shape index (κ2) is 5.02. The average Bonchev–Trinajstić information content (AvgIpc) is 2.16. The summed E-state index contributed by atoms with van der Waals surface area (Å²) in [5.41, 5.74) is -3.93. The van der Waals surface area contributed by atoms with Crippen molar-refractivity contribution in [3.05, 3.63) is 45.4 Å². The molecular weight excluding hydrogens is 243 g/mol. The van der Waals surface area contributed by atoms with Crippen LogP contribution in [-0.2, 0) is 0 Å². The van der Waals surface area contributed by atoms with E-state index < -0.39 is 10.4 Å². The van der Waals surface area contributed by atoms with Crippen molar-refractivity contribution in [2.75, 3.05) is 0 Å². The molecule has 0 unspecified atom stereocenters. The first-order chi connectivity index (χ1) is 7.38. The summed E-state index contributed by atoms with van der Waals surface area (Å²) in [5.74, 6) is 0. The molecule has 0 spiro atoms. The van der Waals surface area contributed by atoms with Crippen molar-refractivity contribution in [1.82, 2.24) is 0 Å². The van der Waals surface area contributed by atoms with Crippen molar-refractivity contribution in [2.24, 2.45) is 0 Å². The number of nitro groups is 1. The lowest BCUT2D eigenvalue weighted by molar-refractivity contribution is -0.384. The minimum absolute atomic E-state index is 0.0966. The van der Waals surface area contributed by atoms with Gasteiger partial charge in [-0.15, -0.1) is 0 Å². The largest absolute Gasteiger partial charge is 0.445 e. The molecule has 3 nitrogen and oxygen atoms in total. The molecule has 0 bridgehead atoms. The summed E-state index contributed by atoms with van der Waals surface area (Å²) in [5, 5.41) is 11.2. The van der Waals surface area contributed by atoms with E-state index in [-0.39, 0.29) is 17.4 Å². The summed E-state index contributed by atoms with van der Waals surface area (Å²) in [6.07, 6.45) is 1.24. The molecule has 0 N–H and O–H groups in total. The molecule has 0 fully saturated rings. The van der Waals surface area contributed by atoms with Gasteiger partial charge in [-0.3, -0.25) is 10.1 Å². The molecule has 1 rings (SSSR count). The minimum Gasteiger partial charge on any atom is -0.258 e. The number of thioether (sulfide) groups is 1. The van der Waals surface area contributed by atoms with E-state index in [4.69, 9.17) is 0 Å². The summed E-state index contributed by atoms with van der Waals surface area (Å²) in [6.45, 7) is 0. The Labute approximate surface area is 93.1 Å². The summed E-state index contributed by atoms with van der Waals surface area (Å²) < 4.78 is 35.3. The molecule has 0 atom stereocenters. The van der Waals surface area contributed by atoms with Gasteiger partial charge in [0.1, 0.15) is 0 Å². The smallest absolute Gasteiger partial charge is 0.258 e. The number of alkyl halides is 3. The Kier molecular flexibility index (Phi) is 3.94. The topological polar surface area (TPSA) is 43.1 Å². The van der Waals surface area contributed by atoms with E-state index in [1.54, 1.807) is 0 Å². The number of hydrogen-bond acceptors (Lipinski definition) is 3. The molecule has 0 aliphatic carbocycles. The highest BCUT2D eigenvalue weighted by Gasteiger charge is 2.26. The van der Waals surface area contributed by atoms with Crippen molar-refractivity contribution in [3.8, 4) is 0 Å². The maximum atomic E-state index is 11.8. The molecular formula is C9H6F3NO2S. The van der Waals surface area contributed by atoms with Crippen LogP contribution in [0.1, 0.15) is 5.56 Å². The van der Waals surface area contributed by atoms with Crippen LogP contribution in [-0.4, -0.2) is 10.4 Å². The zero-order valence-electron chi connectivity index (χ0n) is 7.77. The number of nitrogens with zero attached hydrogens (tertiary/aromatic N) is 1. The van der Waals surface area contributed by atoms with Gasteiger partial charge in [-0.1, -0.05) is 0 Å². The van der Waals surface area contributed by atoms with Crippen molar-refractivity contribution in [3.63, 3.8) is 0 Å². The Balaban J connectivity index is 2.65. The normalized spacial score (nSPS) is 11.9. The van der Waals surface area contributed by atoms with Gasteiger partial charge in [0.25, 0.3) is 5.69 Å². The minimum atomic E-state index is -4.31. The maximum absolute atomic E-state index is 11.8. The molecule has 0 amide bonds. The lowest BCUT2D eigenvalue weighted by Crippen LogP contribution is -1.96. The standard InChI is InChI=1S/C9H6F3NO2S/c10-9(11,12)16-6-5-7-1-3-8(4-2-7)13(14)15/h1-6H/b6-5+. The first-order valence-corrected chi connectivity index (χ1v) is 4.92. The van der Waals surface area contributed by atoms with Crippen LogP contribution in [0.2, 0.25) is 0 Å². The molecule has 0 saturated heterocycles. The summed E-state index contributed by atoms with van der Waals surface area (Å²) >= 11 is -0.276. The number of non-ortho nitro benzene ring substituents is 1. The highest BCUT2D eigenvalue weighted by molar-refractivity contribution is 8.03. The molecule has 0 radical (unpaired) electrons. The Morgan fingerprint density at radius 3 is 2.25 bits per heavy atom. The van der Waals surface area contributed by atoms with E-state index in [9.17, 15) is 23.3 Å². The van der Waals surface area contributed by atoms with Gasteiger partial charge < -0.3 is 0 Å².